The lowest BCUT2D eigenvalue weighted by atomic mass is 9.74. The second-order valence-electron chi connectivity index (χ2n) is 8.18. The first-order chi connectivity index (χ1) is 14.2. The number of hydrogen-bond donors (Lipinski definition) is 3. The summed E-state index contributed by atoms with van der Waals surface area (Å²) in [4.78, 5) is 4.42. The lowest BCUT2D eigenvalue weighted by Gasteiger charge is -2.38. The topological polar surface area (TPSA) is 84.3 Å². The molecule has 29 heavy (non-hydrogen) atoms. The molecule has 0 saturated carbocycles. The minimum Gasteiger partial charge on any atom is -0.497 e. The highest BCUT2D eigenvalue weighted by molar-refractivity contribution is 5.79. The molecule has 2 aliphatic rings. The van der Waals surface area contributed by atoms with Gasteiger partial charge in [-0.15, -0.1) is 0 Å². The Morgan fingerprint density at radius 3 is 2.34 bits per heavy atom. The largest absolute Gasteiger partial charge is 0.497 e. The van der Waals surface area contributed by atoms with Crippen LogP contribution in [0.1, 0.15) is 31.2 Å². The van der Waals surface area contributed by atoms with Crippen LogP contribution in [0.25, 0.3) is 0 Å². The quantitative estimate of drug-likeness (QED) is 0.451. The number of aliphatic hydroxyl groups is 1. The summed E-state index contributed by atoms with van der Waals surface area (Å²) in [7, 11) is 3.48. The predicted molar refractivity (Wildman–Crippen MR) is 114 cm³/mol. The number of nitrogens with one attached hydrogen (secondary N) is 2. The van der Waals surface area contributed by atoms with Crippen molar-refractivity contribution < 1.29 is 19.3 Å². The molecule has 0 aliphatic carbocycles. The summed E-state index contributed by atoms with van der Waals surface area (Å²) in [6, 6.07) is 8.37. The number of methoxy groups -OCH3 is 1. The average Bonchev–Trinajstić information content (AvgIpc) is 3.23. The summed E-state index contributed by atoms with van der Waals surface area (Å²) in [5.74, 6) is 1.66. The van der Waals surface area contributed by atoms with Crippen LogP contribution >= 0.6 is 0 Å². The van der Waals surface area contributed by atoms with Crippen molar-refractivity contribution in [2.24, 2.45) is 10.4 Å². The lowest BCUT2D eigenvalue weighted by molar-refractivity contribution is 0.0513. The first kappa shape index (κ1) is 21.9. The highest BCUT2D eigenvalue weighted by Crippen LogP contribution is 2.35. The van der Waals surface area contributed by atoms with Gasteiger partial charge in [-0.25, -0.2) is 0 Å². The van der Waals surface area contributed by atoms with Crippen LogP contribution in [-0.2, 0) is 14.9 Å². The standard InChI is InChI=1S/C22H35N3O4/c1-23-20(24-15-21(7-11-26)8-12-29-17-21)25-16-22(9-13-28-14-10-22)18-3-5-19(27-2)6-4-18/h3-6,26H,7-17H2,1-2H3,(H2,23,24,25). The maximum absolute atomic E-state index is 9.44. The summed E-state index contributed by atoms with van der Waals surface area (Å²) in [6.45, 7) is 4.67. The number of nitrogens with zero attached hydrogens (tertiary/aromatic N) is 1. The van der Waals surface area contributed by atoms with Gasteiger partial charge < -0.3 is 30.0 Å². The minimum absolute atomic E-state index is 0.00139. The van der Waals surface area contributed by atoms with Crippen LogP contribution in [0.4, 0.5) is 0 Å². The second-order valence-corrected chi connectivity index (χ2v) is 8.18. The number of rotatable bonds is 8. The zero-order valence-corrected chi connectivity index (χ0v) is 17.7. The summed E-state index contributed by atoms with van der Waals surface area (Å²) >= 11 is 0. The van der Waals surface area contributed by atoms with Crippen molar-refractivity contribution in [3.63, 3.8) is 0 Å². The molecule has 1 aromatic carbocycles. The molecule has 7 nitrogen and oxygen atoms in total. The fourth-order valence-electron chi connectivity index (χ4n) is 4.33. The summed E-state index contributed by atoms with van der Waals surface area (Å²) in [6.07, 6.45) is 3.63. The van der Waals surface area contributed by atoms with E-state index < -0.39 is 0 Å². The van der Waals surface area contributed by atoms with E-state index in [1.54, 1.807) is 14.2 Å². The molecule has 3 rings (SSSR count). The lowest BCUT2D eigenvalue weighted by Crippen LogP contribution is -2.50. The van der Waals surface area contributed by atoms with Gasteiger partial charge in [0, 0.05) is 57.4 Å². The van der Waals surface area contributed by atoms with Crippen molar-refractivity contribution in [1.29, 1.82) is 0 Å². The van der Waals surface area contributed by atoms with Crippen LogP contribution in [0.5, 0.6) is 5.75 Å². The number of hydrogen-bond acceptors (Lipinski definition) is 5. The molecule has 0 spiro atoms. The molecular weight excluding hydrogens is 370 g/mol. The van der Waals surface area contributed by atoms with E-state index >= 15 is 0 Å². The van der Waals surface area contributed by atoms with E-state index in [9.17, 15) is 5.11 Å². The minimum atomic E-state index is -0.0152. The SMILES string of the molecule is CN=C(NCC1(CCO)CCOC1)NCC1(c2ccc(OC)cc2)CCOCC1. The zero-order chi connectivity index (χ0) is 20.6. The molecule has 1 aromatic rings. The van der Waals surface area contributed by atoms with Crippen LogP contribution in [0.2, 0.25) is 0 Å². The zero-order valence-electron chi connectivity index (χ0n) is 17.7. The maximum atomic E-state index is 9.44. The van der Waals surface area contributed by atoms with Crippen LogP contribution in [0.15, 0.2) is 29.3 Å². The van der Waals surface area contributed by atoms with Crippen LogP contribution < -0.4 is 15.4 Å². The van der Waals surface area contributed by atoms with Gasteiger partial charge in [0.25, 0.3) is 0 Å². The van der Waals surface area contributed by atoms with Crippen LogP contribution in [0.3, 0.4) is 0 Å². The fraction of sp³-hybridized carbons (Fsp3) is 0.682. The van der Waals surface area contributed by atoms with Crippen molar-refractivity contribution in [3.8, 4) is 5.75 Å². The predicted octanol–water partition coefficient (Wildman–Crippen LogP) is 1.70. The molecule has 1 atom stereocenters. The van der Waals surface area contributed by atoms with Crippen molar-refractivity contribution in [2.75, 3.05) is 60.3 Å². The molecule has 162 valence electrons. The molecule has 0 amide bonds. The number of aliphatic imine (C=N–C) groups is 1. The summed E-state index contributed by atoms with van der Waals surface area (Å²) in [5, 5.41) is 16.4. The van der Waals surface area contributed by atoms with Crippen molar-refractivity contribution in [1.82, 2.24) is 10.6 Å². The molecule has 2 fully saturated rings. The normalized spacial score (nSPS) is 24.3. The molecule has 0 aromatic heterocycles. The third-order valence-corrected chi connectivity index (χ3v) is 6.43. The number of benzene rings is 1. The maximum Gasteiger partial charge on any atom is 0.191 e. The molecule has 3 N–H and O–H groups in total. The Kier molecular flexibility index (Phi) is 7.75. The molecule has 2 saturated heterocycles. The monoisotopic (exact) mass is 405 g/mol. The first-order valence-corrected chi connectivity index (χ1v) is 10.5. The fourth-order valence-corrected chi connectivity index (χ4v) is 4.33. The van der Waals surface area contributed by atoms with Gasteiger partial charge in [-0.1, -0.05) is 12.1 Å². The Morgan fingerprint density at radius 2 is 1.76 bits per heavy atom. The molecule has 7 heteroatoms. The van der Waals surface area contributed by atoms with Gasteiger partial charge in [0.2, 0.25) is 0 Å². The van der Waals surface area contributed by atoms with E-state index in [-0.39, 0.29) is 17.4 Å². The van der Waals surface area contributed by atoms with Crippen molar-refractivity contribution >= 4 is 5.96 Å². The molecule has 0 bridgehead atoms. The Bertz CT molecular complexity index is 651. The van der Waals surface area contributed by atoms with Crippen molar-refractivity contribution in [3.05, 3.63) is 29.8 Å². The Morgan fingerprint density at radius 1 is 1.07 bits per heavy atom. The van der Waals surface area contributed by atoms with E-state index in [0.29, 0.717) is 6.61 Å². The third kappa shape index (κ3) is 5.41. The van der Waals surface area contributed by atoms with Gasteiger partial charge in [-0.2, -0.15) is 0 Å². The smallest absolute Gasteiger partial charge is 0.191 e. The van der Waals surface area contributed by atoms with E-state index in [1.807, 2.05) is 12.1 Å². The Hall–Kier alpha value is -1.83. The van der Waals surface area contributed by atoms with Gasteiger partial charge in [-0.05, 0) is 43.4 Å². The molecule has 0 radical (unpaired) electrons. The van der Waals surface area contributed by atoms with Gasteiger partial charge in [-0.3, -0.25) is 4.99 Å². The van der Waals surface area contributed by atoms with E-state index in [2.05, 4.69) is 27.8 Å². The van der Waals surface area contributed by atoms with Crippen LogP contribution in [-0.4, -0.2) is 71.3 Å². The van der Waals surface area contributed by atoms with Gasteiger partial charge >= 0.3 is 0 Å². The highest BCUT2D eigenvalue weighted by Gasteiger charge is 2.36. The van der Waals surface area contributed by atoms with Gasteiger partial charge in [0.1, 0.15) is 5.75 Å². The Labute approximate surface area is 173 Å². The number of aliphatic hydroxyl groups excluding tert-OH is 1. The summed E-state index contributed by atoms with van der Waals surface area (Å²) < 4.78 is 16.6. The average molecular weight is 406 g/mol. The van der Waals surface area contributed by atoms with Crippen LogP contribution in [0, 0.1) is 5.41 Å². The Balaban J connectivity index is 1.64. The van der Waals surface area contributed by atoms with E-state index in [0.717, 1.165) is 70.3 Å². The molecule has 2 heterocycles. The van der Waals surface area contributed by atoms with Gasteiger partial charge in [0.05, 0.1) is 13.7 Å². The molecule has 2 aliphatic heterocycles. The van der Waals surface area contributed by atoms with Crippen molar-refractivity contribution in [2.45, 2.75) is 31.1 Å². The number of ether oxygens (including phenoxy) is 3. The second kappa shape index (κ2) is 10.3. The third-order valence-electron chi connectivity index (χ3n) is 6.43. The molecule has 1 unspecified atom stereocenters. The van der Waals surface area contributed by atoms with E-state index in [1.165, 1.54) is 5.56 Å². The number of guanidine groups is 1. The van der Waals surface area contributed by atoms with Gasteiger partial charge in [0.15, 0.2) is 5.96 Å². The highest BCUT2D eigenvalue weighted by atomic mass is 16.5. The van der Waals surface area contributed by atoms with E-state index in [4.69, 9.17) is 14.2 Å². The first-order valence-electron chi connectivity index (χ1n) is 10.5. The molecular formula is C22H35N3O4. The summed E-state index contributed by atoms with van der Waals surface area (Å²) in [5.41, 5.74) is 1.28.